The molecule has 196 valence electrons. The van der Waals surface area contributed by atoms with Crippen molar-refractivity contribution in [2.75, 3.05) is 13.1 Å². The van der Waals surface area contributed by atoms with Gasteiger partial charge in [-0.05, 0) is 110 Å². The number of likely N-dealkylation sites (tertiary alicyclic amines) is 1. The Labute approximate surface area is 214 Å². The summed E-state index contributed by atoms with van der Waals surface area (Å²) in [6.07, 6.45) is 15.0. The van der Waals surface area contributed by atoms with Crippen LogP contribution in [-0.4, -0.2) is 36.2 Å². The Balaban J connectivity index is 1.13. The van der Waals surface area contributed by atoms with Crippen LogP contribution in [0.25, 0.3) is 0 Å². The monoisotopic (exact) mass is 494 g/mol. The number of hydrogen-bond acceptors (Lipinski definition) is 5. The lowest BCUT2D eigenvalue weighted by Crippen LogP contribution is -2.52. The van der Waals surface area contributed by atoms with E-state index in [9.17, 15) is 9.59 Å². The first-order valence-corrected chi connectivity index (χ1v) is 14.3. The van der Waals surface area contributed by atoms with Gasteiger partial charge in [-0.3, -0.25) is 0 Å². The molecule has 0 spiro atoms. The highest BCUT2D eigenvalue weighted by Crippen LogP contribution is 2.67. The van der Waals surface area contributed by atoms with E-state index in [-0.39, 0.29) is 29.3 Å². The molecule has 1 saturated heterocycles. The van der Waals surface area contributed by atoms with Gasteiger partial charge < -0.3 is 19.8 Å². The molecule has 2 N–H and O–H groups in total. The van der Waals surface area contributed by atoms with E-state index in [1.165, 1.54) is 31.2 Å². The third-order valence-corrected chi connectivity index (χ3v) is 11.2. The number of nitrogens with two attached hydrogens (primary N) is 1. The summed E-state index contributed by atoms with van der Waals surface area (Å²) in [5.74, 6) is 2.40. The number of nitrogens with zero attached hydrogens (tertiary/aromatic N) is 1. The predicted octanol–water partition coefficient (Wildman–Crippen LogP) is 5.61. The van der Waals surface area contributed by atoms with Crippen LogP contribution in [0.1, 0.15) is 89.5 Å². The van der Waals surface area contributed by atoms with Gasteiger partial charge in [0.15, 0.2) is 0 Å². The Hall–Kier alpha value is -2.08. The van der Waals surface area contributed by atoms with Gasteiger partial charge in [-0.2, -0.15) is 0 Å². The van der Waals surface area contributed by atoms with Crippen LogP contribution in [0.15, 0.2) is 39.3 Å². The molecule has 1 aliphatic heterocycles. The van der Waals surface area contributed by atoms with Crippen LogP contribution in [0, 0.1) is 28.6 Å². The maximum atomic E-state index is 12.8. The van der Waals surface area contributed by atoms with Crippen molar-refractivity contribution in [2.45, 2.75) is 96.1 Å². The maximum absolute atomic E-state index is 12.8. The lowest BCUT2D eigenvalue weighted by Gasteiger charge is -2.59. The van der Waals surface area contributed by atoms with Crippen molar-refractivity contribution in [3.05, 3.63) is 46.0 Å². The zero-order chi connectivity index (χ0) is 25.1. The zero-order valence-electron chi connectivity index (χ0n) is 21.9. The average Bonchev–Trinajstić information content (AvgIpc) is 3.22. The zero-order valence-corrected chi connectivity index (χ0v) is 21.9. The fourth-order valence-electron chi connectivity index (χ4n) is 9.03. The van der Waals surface area contributed by atoms with Gasteiger partial charge in [0, 0.05) is 25.2 Å². The van der Waals surface area contributed by atoms with Crippen molar-refractivity contribution >= 4 is 6.09 Å². The molecular weight excluding hydrogens is 452 g/mol. The van der Waals surface area contributed by atoms with Crippen LogP contribution >= 0.6 is 0 Å². The largest absolute Gasteiger partial charge is 0.446 e. The Morgan fingerprint density at radius 3 is 2.64 bits per heavy atom. The quantitative estimate of drug-likeness (QED) is 0.540. The van der Waals surface area contributed by atoms with Gasteiger partial charge >= 0.3 is 11.7 Å². The Morgan fingerprint density at radius 1 is 1.08 bits per heavy atom. The van der Waals surface area contributed by atoms with Gasteiger partial charge in [-0.1, -0.05) is 25.5 Å². The van der Waals surface area contributed by atoms with Gasteiger partial charge in [0.25, 0.3) is 0 Å². The van der Waals surface area contributed by atoms with Crippen molar-refractivity contribution in [1.29, 1.82) is 0 Å². The van der Waals surface area contributed by atoms with Gasteiger partial charge in [-0.25, -0.2) is 9.59 Å². The van der Waals surface area contributed by atoms with E-state index < -0.39 is 0 Å². The van der Waals surface area contributed by atoms with Crippen molar-refractivity contribution < 1.29 is 13.9 Å². The molecule has 3 saturated carbocycles. The van der Waals surface area contributed by atoms with Crippen LogP contribution in [0.5, 0.6) is 0 Å². The highest BCUT2D eigenvalue weighted by molar-refractivity contribution is 5.68. The molecule has 0 bridgehead atoms. The van der Waals surface area contributed by atoms with Gasteiger partial charge in [0.05, 0.1) is 6.26 Å². The lowest BCUT2D eigenvalue weighted by atomic mass is 9.46. The molecule has 7 unspecified atom stereocenters. The van der Waals surface area contributed by atoms with Gasteiger partial charge in [0.2, 0.25) is 0 Å². The van der Waals surface area contributed by atoms with Gasteiger partial charge in [0.1, 0.15) is 6.10 Å². The van der Waals surface area contributed by atoms with Crippen LogP contribution in [0.2, 0.25) is 0 Å². The lowest BCUT2D eigenvalue weighted by molar-refractivity contribution is -0.0874. The summed E-state index contributed by atoms with van der Waals surface area (Å²) < 4.78 is 11.3. The average molecular weight is 495 g/mol. The van der Waals surface area contributed by atoms with Crippen molar-refractivity contribution in [3.63, 3.8) is 0 Å². The molecular formula is C30H42N2O4. The van der Waals surface area contributed by atoms with Crippen LogP contribution in [0.3, 0.4) is 0 Å². The van der Waals surface area contributed by atoms with Crippen molar-refractivity contribution in [1.82, 2.24) is 4.90 Å². The topological polar surface area (TPSA) is 85.8 Å². The SMILES string of the molecule is CC12CCC3C(CCC4CC(OC(=O)N5CCC(N)CC5)CCC43C)C1=CCC2c1ccc(=O)oc1. The number of piperidine rings is 1. The molecule has 1 aromatic heterocycles. The molecule has 0 aromatic carbocycles. The second-order valence-electron chi connectivity index (χ2n) is 12.9. The highest BCUT2D eigenvalue weighted by atomic mass is 16.6. The second-order valence-corrected chi connectivity index (χ2v) is 12.9. The minimum atomic E-state index is -0.272. The normalized spacial score (nSPS) is 40.6. The molecule has 1 amide bonds. The fraction of sp³-hybridized carbons (Fsp3) is 0.733. The summed E-state index contributed by atoms with van der Waals surface area (Å²) in [5, 5.41) is 0. The second kappa shape index (κ2) is 9.04. The molecule has 5 aliphatic rings. The van der Waals surface area contributed by atoms with Crippen molar-refractivity contribution in [2.24, 2.45) is 34.3 Å². The molecule has 6 heteroatoms. The third kappa shape index (κ3) is 3.95. The summed E-state index contributed by atoms with van der Waals surface area (Å²) in [6.45, 7) is 6.44. The molecule has 36 heavy (non-hydrogen) atoms. The van der Waals surface area contributed by atoms with E-state index >= 15 is 0 Å². The summed E-state index contributed by atoms with van der Waals surface area (Å²) in [5.41, 5.74) is 9.06. The van der Waals surface area contributed by atoms with Crippen LogP contribution in [0.4, 0.5) is 4.79 Å². The molecule has 2 heterocycles. The standard InChI is InChI=1S/C30H42N2O4/c1-29-13-9-22(36-28(34)32-15-11-21(31)12-16-32)17-20(29)4-5-23-25-7-6-24(19-3-8-27(33)35-18-19)30(25,2)14-10-26(23)29/h3,7-8,18,20-24,26H,4-6,9-17,31H2,1-2H3. The van der Waals surface area contributed by atoms with E-state index in [0.717, 1.165) is 51.6 Å². The van der Waals surface area contributed by atoms with E-state index in [1.807, 2.05) is 11.0 Å². The number of carbonyl (C=O) groups excluding carboxylic acids is 1. The maximum Gasteiger partial charge on any atom is 0.410 e. The number of ether oxygens (including phenoxy) is 1. The molecule has 4 fully saturated rings. The first-order valence-electron chi connectivity index (χ1n) is 14.3. The first-order chi connectivity index (χ1) is 17.3. The molecule has 7 atom stereocenters. The van der Waals surface area contributed by atoms with Crippen LogP contribution < -0.4 is 11.4 Å². The number of rotatable bonds is 2. The summed E-state index contributed by atoms with van der Waals surface area (Å²) in [4.78, 5) is 26.2. The Bertz CT molecular complexity index is 1070. The van der Waals surface area contributed by atoms with E-state index in [4.69, 9.17) is 14.9 Å². The molecule has 0 radical (unpaired) electrons. The molecule has 1 aromatic rings. The number of amides is 1. The van der Waals surface area contributed by atoms with E-state index in [1.54, 1.807) is 17.9 Å². The fourth-order valence-corrected chi connectivity index (χ4v) is 9.03. The number of carbonyl (C=O) groups is 1. The smallest absolute Gasteiger partial charge is 0.410 e. The predicted molar refractivity (Wildman–Crippen MR) is 138 cm³/mol. The molecule has 6 rings (SSSR count). The number of fused-ring (bicyclic) bond motifs is 5. The van der Waals surface area contributed by atoms with Gasteiger partial charge in [-0.15, -0.1) is 0 Å². The number of hydrogen-bond donors (Lipinski definition) is 1. The van der Waals surface area contributed by atoms with Crippen molar-refractivity contribution in [3.8, 4) is 0 Å². The molecule has 6 nitrogen and oxygen atoms in total. The van der Waals surface area contributed by atoms with E-state index in [0.29, 0.717) is 29.1 Å². The highest BCUT2D eigenvalue weighted by Gasteiger charge is 2.58. The Kier molecular flexibility index (Phi) is 6.09. The first kappa shape index (κ1) is 24.3. The summed E-state index contributed by atoms with van der Waals surface area (Å²) >= 11 is 0. The Morgan fingerprint density at radius 2 is 1.89 bits per heavy atom. The molecule has 4 aliphatic carbocycles. The summed E-state index contributed by atoms with van der Waals surface area (Å²) in [6, 6.07) is 3.76. The minimum Gasteiger partial charge on any atom is -0.446 e. The number of allylic oxidation sites excluding steroid dienone is 2. The third-order valence-electron chi connectivity index (χ3n) is 11.2. The summed E-state index contributed by atoms with van der Waals surface area (Å²) in [7, 11) is 0. The minimum absolute atomic E-state index is 0.0550. The van der Waals surface area contributed by atoms with Crippen LogP contribution in [-0.2, 0) is 4.74 Å². The van der Waals surface area contributed by atoms with E-state index in [2.05, 4.69) is 19.9 Å².